The van der Waals surface area contributed by atoms with E-state index in [1.165, 1.54) is 0 Å². The molecule has 1 aliphatic rings. The van der Waals surface area contributed by atoms with Gasteiger partial charge in [0.05, 0.1) is 0 Å². The average Bonchev–Trinajstić information content (AvgIpc) is 2.89. The van der Waals surface area contributed by atoms with Gasteiger partial charge in [0, 0.05) is 18.7 Å². The van der Waals surface area contributed by atoms with E-state index in [4.69, 9.17) is 4.42 Å². The van der Waals surface area contributed by atoms with Crippen LogP contribution in [0.15, 0.2) is 21.2 Å². The highest BCUT2D eigenvalue weighted by Gasteiger charge is 2.39. The molecular formula is C11H14BrNO3S. The summed E-state index contributed by atoms with van der Waals surface area (Å²) in [6.45, 7) is 0.478. The van der Waals surface area contributed by atoms with E-state index in [1.807, 2.05) is 12.1 Å². The molecule has 2 heterocycles. The fraction of sp³-hybridized carbons (Fsp3) is 0.545. The molecule has 1 aromatic heterocycles. The number of furan rings is 1. The van der Waals surface area contributed by atoms with Crippen molar-refractivity contribution in [3.8, 4) is 0 Å². The molecule has 17 heavy (non-hydrogen) atoms. The zero-order valence-electron chi connectivity index (χ0n) is 9.24. The zero-order chi connectivity index (χ0) is 12.3. The van der Waals surface area contributed by atoms with E-state index >= 15 is 0 Å². The molecular weight excluding hydrogens is 306 g/mol. The summed E-state index contributed by atoms with van der Waals surface area (Å²) in [5.41, 5.74) is -1.17. The normalized spacial score (nSPS) is 23.9. The maximum atomic E-state index is 11.7. The summed E-state index contributed by atoms with van der Waals surface area (Å²) in [6, 6.07) is 3.68. The fourth-order valence-corrected chi connectivity index (χ4v) is 3.26. The van der Waals surface area contributed by atoms with Crippen molar-refractivity contribution in [2.45, 2.75) is 18.4 Å². The second kappa shape index (κ2) is 5.46. The van der Waals surface area contributed by atoms with Gasteiger partial charge in [0.1, 0.15) is 5.76 Å². The van der Waals surface area contributed by atoms with E-state index in [-0.39, 0.29) is 5.91 Å². The summed E-state index contributed by atoms with van der Waals surface area (Å²) in [7, 11) is 0. The molecule has 4 nitrogen and oxygen atoms in total. The van der Waals surface area contributed by atoms with Crippen molar-refractivity contribution in [1.82, 2.24) is 5.32 Å². The lowest BCUT2D eigenvalue weighted by Gasteiger charge is -2.19. The first-order valence-electron chi connectivity index (χ1n) is 5.43. The fourth-order valence-electron chi connectivity index (χ4n) is 1.68. The Morgan fingerprint density at radius 3 is 3.06 bits per heavy atom. The Hall–Kier alpha value is -0.460. The van der Waals surface area contributed by atoms with Crippen LogP contribution in [0.2, 0.25) is 0 Å². The number of thioether (sulfide) groups is 1. The van der Waals surface area contributed by atoms with E-state index in [9.17, 15) is 9.90 Å². The van der Waals surface area contributed by atoms with Crippen LogP contribution in [0.3, 0.4) is 0 Å². The molecule has 2 rings (SSSR count). The van der Waals surface area contributed by atoms with Gasteiger partial charge >= 0.3 is 0 Å². The molecule has 1 atom stereocenters. The molecule has 6 heteroatoms. The van der Waals surface area contributed by atoms with Crippen LogP contribution >= 0.6 is 27.7 Å². The van der Waals surface area contributed by atoms with Crippen LogP contribution in [-0.2, 0) is 11.2 Å². The smallest absolute Gasteiger partial charge is 0.252 e. The molecule has 0 radical (unpaired) electrons. The number of rotatable bonds is 4. The highest BCUT2D eigenvalue weighted by Crippen LogP contribution is 2.27. The molecule has 0 aromatic carbocycles. The Bertz CT molecular complexity index is 401. The van der Waals surface area contributed by atoms with Crippen molar-refractivity contribution in [1.29, 1.82) is 0 Å². The number of hydrogen-bond donors (Lipinski definition) is 2. The third-order valence-corrected chi connectivity index (χ3v) is 4.31. The van der Waals surface area contributed by atoms with Crippen molar-refractivity contribution in [3.63, 3.8) is 0 Å². The van der Waals surface area contributed by atoms with Gasteiger partial charge in [0.25, 0.3) is 5.91 Å². The number of hydrogen-bond acceptors (Lipinski definition) is 4. The highest BCUT2D eigenvalue weighted by atomic mass is 79.9. The summed E-state index contributed by atoms with van der Waals surface area (Å²) in [5.74, 6) is 1.87. The average molecular weight is 320 g/mol. The molecule has 2 N–H and O–H groups in total. The Morgan fingerprint density at radius 1 is 1.65 bits per heavy atom. The number of nitrogens with one attached hydrogen (secondary N) is 1. The van der Waals surface area contributed by atoms with Gasteiger partial charge < -0.3 is 14.8 Å². The molecule has 0 aliphatic carbocycles. The molecule has 94 valence electrons. The first kappa shape index (κ1) is 13.0. The van der Waals surface area contributed by atoms with Crippen molar-refractivity contribution in [3.05, 3.63) is 22.6 Å². The van der Waals surface area contributed by atoms with Gasteiger partial charge in [-0.2, -0.15) is 11.8 Å². The largest absolute Gasteiger partial charge is 0.454 e. The monoisotopic (exact) mass is 319 g/mol. The summed E-state index contributed by atoms with van der Waals surface area (Å²) < 4.78 is 6.00. The minimum Gasteiger partial charge on any atom is -0.454 e. The van der Waals surface area contributed by atoms with Crippen LogP contribution in [0, 0.1) is 0 Å². The van der Waals surface area contributed by atoms with Crippen LogP contribution < -0.4 is 5.32 Å². The van der Waals surface area contributed by atoms with Crippen LogP contribution in [0.5, 0.6) is 0 Å². The number of aliphatic hydroxyl groups is 1. The van der Waals surface area contributed by atoms with Gasteiger partial charge in [0.2, 0.25) is 0 Å². The molecule has 1 saturated heterocycles. The third-order valence-electron chi connectivity index (χ3n) is 2.71. The van der Waals surface area contributed by atoms with E-state index in [1.54, 1.807) is 11.8 Å². The lowest BCUT2D eigenvalue weighted by atomic mass is 10.0. The first-order chi connectivity index (χ1) is 8.10. The Balaban J connectivity index is 1.77. The maximum absolute atomic E-state index is 11.7. The van der Waals surface area contributed by atoms with Crippen molar-refractivity contribution in [2.24, 2.45) is 0 Å². The van der Waals surface area contributed by atoms with Gasteiger partial charge in [-0.25, -0.2) is 0 Å². The van der Waals surface area contributed by atoms with Gasteiger partial charge in [-0.05, 0) is 40.2 Å². The number of carbonyl (C=O) groups is 1. The lowest BCUT2D eigenvalue weighted by Crippen LogP contribution is -2.47. The summed E-state index contributed by atoms with van der Waals surface area (Å²) in [6.07, 6.45) is 1.16. The first-order valence-corrected chi connectivity index (χ1v) is 7.37. The number of carbonyl (C=O) groups excluding carboxylic acids is 1. The SMILES string of the molecule is O=C(NCCc1ccc(Br)o1)C1(O)CCSC1. The van der Waals surface area contributed by atoms with Gasteiger partial charge in [0.15, 0.2) is 10.3 Å². The Morgan fingerprint density at radius 2 is 2.47 bits per heavy atom. The second-order valence-electron chi connectivity index (χ2n) is 4.05. The minimum atomic E-state index is -1.17. The Labute approximate surface area is 112 Å². The van der Waals surface area contributed by atoms with Crippen LogP contribution in [-0.4, -0.2) is 34.7 Å². The summed E-state index contributed by atoms with van der Waals surface area (Å²) in [5, 5.41) is 12.7. The van der Waals surface area contributed by atoms with E-state index < -0.39 is 5.60 Å². The van der Waals surface area contributed by atoms with E-state index in [2.05, 4.69) is 21.2 Å². The minimum absolute atomic E-state index is 0.270. The van der Waals surface area contributed by atoms with E-state index in [0.717, 1.165) is 11.5 Å². The topological polar surface area (TPSA) is 62.5 Å². The third kappa shape index (κ3) is 3.26. The predicted octanol–water partition coefficient (Wildman–Crippen LogP) is 1.57. The molecule has 1 unspecified atom stereocenters. The van der Waals surface area contributed by atoms with Crippen molar-refractivity contribution >= 4 is 33.6 Å². The highest BCUT2D eigenvalue weighted by molar-refractivity contribution is 9.10. The maximum Gasteiger partial charge on any atom is 0.252 e. The standard InChI is InChI=1S/C11H14BrNO3S/c12-9-2-1-8(16-9)3-5-13-10(14)11(15)4-6-17-7-11/h1-2,15H,3-7H2,(H,13,14). The zero-order valence-corrected chi connectivity index (χ0v) is 11.6. The van der Waals surface area contributed by atoms with Crippen molar-refractivity contribution < 1.29 is 14.3 Å². The van der Waals surface area contributed by atoms with Gasteiger partial charge in [-0.3, -0.25) is 4.79 Å². The van der Waals surface area contributed by atoms with Crippen LogP contribution in [0.1, 0.15) is 12.2 Å². The molecule has 1 amide bonds. The molecule has 1 aliphatic heterocycles. The van der Waals surface area contributed by atoms with Crippen LogP contribution in [0.25, 0.3) is 0 Å². The predicted molar refractivity (Wildman–Crippen MR) is 70.0 cm³/mol. The molecule has 0 spiro atoms. The number of halogens is 1. The van der Waals surface area contributed by atoms with Gasteiger partial charge in [-0.1, -0.05) is 0 Å². The second-order valence-corrected chi connectivity index (χ2v) is 5.93. The molecule has 0 bridgehead atoms. The van der Waals surface area contributed by atoms with Crippen LogP contribution in [0.4, 0.5) is 0 Å². The molecule has 0 saturated carbocycles. The summed E-state index contributed by atoms with van der Waals surface area (Å²) in [4.78, 5) is 11.7. The molecule has 1 fully saturated rings. The van der Waals surface area contributed by atoms with Gasteiger partial charge in [-0.15, -0.1) is 0 Å². The van der Waals surface area contributed by atoms with E-state index in [0.29, 0.717) is 29.8 Å². The Kier molecular flexibility index (Phi) is 4.17. The molecule has 1 aromatic rings. The van der Waals surface area contributed by atoms with Crippen molar-refractivity contribution in [2.75, 3.05) is 18.1 Å². The summed E-state index contributed by atoms with van der Waals surface area (Å²) >= 11 is 4.83. The quantitative estimate of drug-likeness (QED) is 0.884. The lowest BCUT2D eigenvalue weighted by molar-refractivity contribution is -0.137. The number of amides is 1.